The van der Waals surface area contributed by atoms with Gasteiger partial charge < -0.3 is 25.5 Å². The lowest BCUT2D eigenvalue weighted by Gasteiger charge is -2.22. The molecule has 1 aliphatic heterocycles. The first-order valence-corrected chi connectivity index (χ1v) is 10.0. The highest BCUT2D eigenvalue weighted by Gasteiger charge is 2.20. The van der Waals surface area contributed by atoms with Crippen LogP contribution in [0.2, 0.25) is 0 Å². The highest BCUT2D eigenvalue weighted by Crippen LogP contribution is 2.30. The van der Waals surface area contributed by atoms with Crippen molar-refractivity contribution >= 4 is 39.2 Å². The molecule has 1 amide bonds. The number of nitrogens with two attached hydrogens (primary N) is 1. The highest BCUT2D eigenvalue weighted by atomic mass is 19.1. The van der Waals surface area contributed by atoms with E-state index in [1.54, 1.807) is 11.0 Å². The number of aromatic nitrogens is 3. The van der Waals surface area contributed by atoms with Gasteiger partial charge in [-0.25, -0.2) is 9.37 Å². The number of imidazole rings is 1. The van der Waals surface area contributed by atoms with Gasteiger partial charge in [0.2, 0.25) is 5.91 Å². The monoisotopic (exact) mass is 420 g/mol. The van der Waals surface area contributed by atoms with E-state index < -0.39 is 11.4 Å². The van der Waals surface area contributed by atoms with E-state index in [1.807, 2.05) is 25.2 Å². The predicted octanol–water partition coefficient (Wildman–Crippen LogP) is 2.46. The molecule has 2 aromatic carbocycles. The lowest BCUT2D eigenvalue weighted by molar-refractivity contribution is -0.129. The summed E-state index contributed by atoms with van der Waals surface area (Å²) in [4.78, 5) is 38.9. The average Bonchev–Trinajstić information content (AvgIpc) is 3.07. The number of halogens is 1. The maximum atomic E-state index is 14.4. The fraction of sp³-hybridized carbons (Fsp3) is 0.227. The number of H-pyrrole nitrogens is 2. The molecule has 5 rings (SSSR count). The number of likely N-dealkylation sites (N-methyl/N-ethyl adjacent to an activating group) is 1. The summed E-state index contributed by atoms with van der Waals surface area (Å²) in [6.07, 6.45) is 0.456. The summed E-state index contributed by atoms with van der Waals surface area (Å²) in [7, 11) is 1.81. The summed E-state index contributed by atoms with van der Waals surface area (Å²) < 4.78 is 14.4. The van der Waals surface area contributed by atoms with E-state index in [1.165, 1.54) is 12.1 Å². The van der Waals surface area contributed by atoms with Gasteiger partial charge in [0.1, 0.15) is 17.2 Å². The van der Waals surface area contributed by atoms with E-state index in [0.717, 1.165) is 17.7 Å². The molecular weight excluding hydrogens is 399 g/mol. The average molecular weight is 420 g/mol. The molecule has 1 fully saturated rings. The van der Waals surface area contributed by atoms with Crippen molar-refractivity contribution in [2.75, 3.05) is 37.3 Å². The van der Waals surface area contributed by atoms with Crippen LogP contribution in [0.5, 0.6) is 0 Å². The SMILES string of the molecule is CN1CCN(c2ccc3nc(-c4c(N)c5c(F)cccc5[nH]c4=O)[nH]c3c2)CCC1=O. The number of rotatable bonds is 2. The number of nitrogens with zero attached hydrogens (tertiary/aromatic N) is 3. The molecule has 1 saturated heterocycles. The number of fused-ring (bicyclic) bond motifs is 2. The zero-order valence-electron chi connectivity index (χ0n) is 16.9. The molecule has 8 nitrogen and oxygen atoms in total. The quantitative estimate of drug-likeness (QED) is 0.461. The molecule has 158 valence electrons. The topological polar surface area (TPSA) is 111 Å². The minimum Gasteiger partial charge on any atom is -0.397 e. The number of nitrogens with one attached hydrogen (secondary N) is 2. The van der Waals surface area contributed by atoms with Gasteiger partial charge in [0.05, 0.1) is 27.6 Å². The van der Waals surface area contributed by atoms with Gasteiger partial charge in [-0.2, -0.15) is 0 Å². The van der Waals surface area contributed by atoms with Crippen molar-refractivity contribution in [1.82, 2.24) is 19.9 Å². The molecule has 3 heterocycles. The second-order valence-electron chi connectivity index (χ2n) is 7.74. The van der Waals surface area contributed by atoms with Gasteiger partial charge in [-0.1, -0.05) is 6.07 Å². The molecule has 2 aromatic heterocycles. The fourth-order valence-electron chi connectivity index (χ4n) is 4.07. The fourth-order valence-corrected chi connectivity index (χ4v) is 4.07. The summed E-state index contributed by atoms with van der Waals surface area (Å²) >= 11 is 0. The van der Waals surface area contributed by atoms with Crippen LogP contribution in [0.3, 0.4) is 0 Å². The Labute approximate surface area is 176 Å². The zero-order chi connectivity index (χ0) is 21.7. The zero-order valence-corrected chi connectivity index (χ0v) is 16.9. The van der Waals surface area contributed by atoms with Crippen LogP contribution in [-0.2, 0) is 4.79 Å². The molecule has 0 unspecified atom stereocenters. The van der Waals surface area contributed by atoms with Gasteiger partial charge >= 0.3 is 0 Å². The second-order valence-corrected chi connectivity index (χ2v) is 7.74. The lowest BCUT2D eigenvalue weighted by atomic mass is 10.1. The van der Waals surface area contributed by atoms with E-state index >= 15 is 0 Å². The highest BCUT2D eigenvalue weighted by molar-refractivity contribution is 5.98. The van der Waals surface area contributed by atoms with E-state index in [9.17, 15) is 14.0 Å². The molecule has 0 saturated carbocycles. The standard InChI is InChI=1S/C22H21FN6O2/c1-28-9-10-29(8-7-17(28)30)12-5-6-14-16(11-12)26-21(25-14)19-20(24)18-13(23)3-2-4-15(18)27-22(19)31/h2-6,11H,7-10H2,1H3,(H,25,26)(H3,24,27,31). The second kappa shape index (κ2) is 7.12. The maximum absolute atomic E-state index is 14.4. The molecule has 4 aromatic rings. The van der Waals surface area contributed by atoms with Crippen molar-refractivity contribution in [3.05, 3.63) is 52.6 Å². The number of pyridine rings is 1. The number of amides is 1. The van der Waals surface area contributed by atoms with Gasteiger partial charge in [0, 0.05) is 38.8 Å². The molecule has 1 aliphatic rings. The van der Waals surface area contributed by atoms with Gasteiger partial charge in [0.15, 0.2) is 0 Å². The van der Waals surface area contributed by atoms with Crippen LogP contribution in [0, 0.1) is 5.82 Å². The van der Waals surface area contributed by atoms with Gasteiger partial charge in [-0.05, 0) is 30.3 Å². The van der Waals surface area contributed by atoms with E-state index in [-0.39, 0.29) is 28.4 Å². The lowest BCUT2D eigenvalue weighted by Crippen LogP contribution is -2.29. The summed E-state index contributed by atoms with van der Waals surface area (Å²) in [6, 6.07) is 10.2. The molecule has 9 heteroatoms. The number of hydrogen-bond donors (Lipinski definition) is 3. The van der Waals surface area contributed by atoms with Crippen molar-refractivity contribution in [3.63, 3.8) is 0 Å². The smallest absolute Gasteiger partial charge is 0.261 e. The van der Waals surface area contributed by atoms with E-state index in [4.69, 9.17) is 5.73 Å². The van der Waals surface area contributed by atoms with Crippen molar-refractivity contribution < 1.29 is 9.18 Å². The third-order valence-corrected chi connectivity index (χ3v) is 5.82. The molecule has 0 bridgehead atoms. The van der Waals surface area contributed by atoms with Crippen molar-refractivity contribution in [2.24, 2.45) is 0 Å². The Kier molecular flexibility index (Phi) is 4.39. The Bertz CT molecular complexity index is 1390. The number of hydrogen-bond acceptors (Lipinski definition) is 5. The first kappa shape index (κ1) is 19.1. The molecule has 0 spiro atoms. The number of anilines is 2. The van der Waals surface area contributed by atoms with Crippen LogP contribution in [0.25, 0.3) is 33.3 Å². The Hall–Kier alpha value is -3.88. The predicted molar refractivity (Wildman–Crippen MR) is 118 cm³/mol. The van der Waals surface area contributed by atoms with Crippen LogP contribution < -0.4 is 16.2 Å². The van der Waals surface area contributed by atoms with Crippen LogP contribution in [0.4, 0.5) is 15.8 Å². The first-order valence-electron chi connectivity index (χ1n) is 10.0. The first-order chi connectivity index (χ1) is 14.9. The van der Waals surface area contributed by atoms with Crippen LogP contribution in [0.15, 0.2) is 41.2 Å². The molecule has 0 atom stereocenters. The van der Waals surface area contributed by atoms with Crippen LogP contribution in [-0.4, -0.2) is 52.4 Å². The van der Waals surface area contributed by atoms with Gasteiger partial charge in [0.25, 0.3) is 5.56 Å². The molecule has 0 radical (unpaired) electrons. The minimum atomic E-state index is -0.508. The summed E-state index contributed by atoms with van der Waals surface area (Å²) in [6.45, 7) is 2.01. The normalized spacial score (nSPS) is 15.1. The number of carbonyl (C=O) groups excluding carboxylic acids is 1. The largest absolute Gasteiger partial charge is 0.397 e. The number of nitrogen functional groups attached to an aromatic ring is 1. The Morgan fingerprint density at radius 3 is 2.74 bits per heavy atom. The number of benzene rings is 2. The third-order valence-electron chi connectivity index (χ3n) is 5.82. The molecule has 31 heavy (non-hydrogen) atoms. The summed E-state index contributed by atoms with van der Waals surface area (Å²) in [5.74, 6) is -0.0981. The van der Waals surface area contributed by atoms with Crippen molar-refractivity contribution in [1.29, 1.82) is 0 Å². The summed E-state index contributed by atoms with van der Waals surface area (Å²) in [5, 5.41) is 0.164. The van der Waals surface area contributed by atoms with E-state index in [2.05, 4.69) is 19.9 Å². The van der Waals surface area contributed by atoms with E-state index in [0.29, 0.717) is 30.5 Å². The Morgan fingerprint density at radius 2 is 1.90 bits per heavy atom. The van der Waals surface area contributed by atoms with Crippen LogP contribution in [0.1, 0.15) is 6.42 Å². The number of carbonyl (C=O) groups is 1. The summed E-state index contributed by atoms with van der Waals surface area (Å²) in [5.41, 5.74) is 8.60. The molecule has 4 N–H and O–H groups in total. The van der Waals surface area contributed by atoms with Crippen molar-refractivity contribution in [2.45, 2.75) is 6.42 Å². The maximum Gasteiger partial charge on any atom is 0.261 e. The molecule has 0 aliphatic carbocycles. The third kappa shape index (κ3) is 3.18. The Balaban J connectivity index is 1.58. The van der Waals surface area contributed by atoms with Crippen LogP contribution >= 0.6 is 0 Å². The molecular formula is C22H21FN6O2. The van der Waals surface area contributed by atoms with Gasteiger partial charge in [-0.15, -0.1) is 0 Å². The Morgan fingerprint density at radius 1 is 1.06 bits per heavy atom. The van der Waals surface area contributed by atoms with Crippen molar-refractivity contribution in [3.8, 4) is 11.4 Å². The van der Waals surface area contributed by atoms with Gasteiger partial charge in [-0.3, -0.25) is 9.59 Å². The number of aromatic amines is 2. The minimum absolute atomic E-state index is 0.0465.